The Balaban J connectivity index is 0.000000120. The van der Waals surface area contributed by atoms with Gasteiger partial charge in [-0.3, -0.25) is 55.8 Å². The molecule has 1 fully saturated rings. The molecule has 0 radical (unpaired) electrons. The van der Waals surface area contributed by atoms with Crippen molar-refractivity contribution in [3.63, 3.8) is 0 Å². The molecule has 16 aromatic rings. The van der Waals surface area contributed by atoms with Crippen molar-refractivity contribution in [1.29, 1.82) is 0 Å². The van der Waals surface area contributed by atoms with Crippen LogP contribution in [0.2, 0.25) is 0 Å². The summed E-state index contributed by atoms with van der Waals surface area (Å²) in [4.78, 5) is 102. The van der Waals surface area contributed by atoms with Gasteiger partial charge in [-0.15, -0.1) is 11.3 Å². The first kappa shape index (κ1) is 101. The molecule has 146 heavy (non-hydrogen) atoms. The summed E-state index contributed by atoms with van der Waals surface area (Å²) in [5.41, 5.74) is 27.4. The first-order chi connectivity index (χ1) is 70.8. The van der Waals surface area contributed by atoms with E-state index in [4.69, 9.17) is 62.8 Å². The number of nitrogens with zero attached hydrogens (tertiary/aromatic N) is 15. The molecule has 16 heterocycles. The zero-order valence-electron chi connectivity index (χ0n) is 85.5. The van der Waals surface area contributed by atoms with Crippen LogP contribution in [-0.2, 0) is 0 Å². The van der Waals surface area contributed by atoms with E-state index in [1.54, 1.807) is 121 Å². The maximum absolute atomic E-state index is 13.0. The number of ether oxygens (including phenoxy) is 8. The van der Waals surface area contributed by atoms with Crippen molar-refractivity contribution in [3.05, 3.63) is 326 Å². The van der Waals surface area contributed by atoms with Gasteiger partial charge in [0.1, 0.15) is 28.2 Å². The number of aromatic nitrogens is 11. The molecular weight excluding hydrogens is 1860 g/mol. The number of nitrogens with one attached hydrogen (secondary N) is 1. The van der Waals surface area contributed by atoms with Gasteiger partial charge in [-0.05, 0) is 306 Å². The molecule has 11 aromatic heterocycles. The van der Waals surface area contributed by atoms with Crippen LogP contribution >= 0.6 is 11.3 Å². The predicted molar refractivity (Wildman–Crippen MR) is 581 cm³/mol. The lowest BCUT2D eigenvalue weighted by Gasteiger charge is -2.26. The van der Waals surface area contributed by atoms with E-state index in [2.05, 4.69) is 119 Å². The zero-order valence-corrected chi connectivity index (χ0v) is 86.3. The summed E-state index contributed by atoms with van der Waals surface area (Å²) in [6.45, 7) is 23.2. The third-order valence-corrected chi connectivity index (χ3v) is 28.7. The highest BCUT2D eigenvalue weighted by Crippen LogP contribution is 2.40. The molecule has 6 aliphatic rings. The summed E-state index contributed by atoms with van der Waals surface area (Å²) in [6, 6.07) is 49.2. The molecule has 5 aliphatic heterocycles. The molecule has 5 aromatic carbocycles. The van der Waals surface area contributed by atoms with Crippen LogP contribution in [0.1, 0.15) is 107 Å². The summed E-state index contributed by atoms with van der Waals surface area (Å²) in [5.74, 6) is 4.99. The second-order valence-corrected chi connectivity index (χ2v) is 38.6. The van der Waals surface area contributed by atoms with E-state index >= 15 is 0 Å². The summed E-state index contributed by atoms with van der Waals surface area (Å²) in [5, 5.41) is 4.36. The van der Waals surface area contributed by atoms with Gasteiger partial charge < -0.3 is 53.0 Å². The van der Waals surface area contributed by atoms with E-state index in [0.717, 1.165) is 203 Å². The molecule has 1 saturated carbocycles. The van der Waals surface area contributed by atoms with Crippen LogP contribution in [0.3, 0.4) is 0 Å². The van der Waals surface area contributed by atoms with Crippen LogP contribution in [0, 0.1) is 34.6 Å². The lowest BCUT2D eigenvalue weighted by Crippen LogP contribution is -2.30. The minimum absolute atomic E-state index is 0.0593. The topological polar surface area (TPSA) is 284 Å². The quantitative estimate of drug-likeness (QED) is 0.0742. The average Bonchev–Trinajstić information content (AvgIpc) is 1.00. The molecule has 1 N–H and O–H groups in total. The van der Waals surface area contributed by atoms with Crippen LogP contribution in [0.5, 0.6) is 46.0 Å². The van der Waals surface area contributed by atoms with Crippen molar-refractivity contribution in [2.75, 3.05) is 143 Å². The zero-order chi connectivity index (χ0) is 102. The first-order valence-corrected chi connectivity index (χ1v) is 50.1. The van der Waals surface area contributed by atoms with Crippen molar-refractivity contribution < 1.29 is 37.9 Å². The van der Waals surface area contributed by atoms with Gasteiger partial charge in [0, 0.05) is 154 Å². The normalized spacial score (nSPS) is 15.1. The summed E-state index contributed by atoms with van der Waals surface area (Å²) in [6.07, 6.45) is 28.5. The Morgan fingerprint density at radius 1 is 0.336 bits per heavy atom. The van der Waals surface area contributed by atoms with Crippen molar-refractivity contribution in [2.24, 2.45) is 0 Å². The number of rotatable bonds is 20. The van der Waals surface area contributed by atoms with Gasteiger partial charge in [-0.1, -0.05) is 43.4 Å². The molecule has 0 saturated heterocycles. The Kier molecular flexibility index (Phi) is 30.7. The van der Waals surface area contributed by atoms with Crippen molar-refractivity contribution >= 4 is 77.7 Å². The van der Waals surface area contributed by atoms with Gasteiger partial charge in [0.05, 0.1) is 101 Å². The number of benzene rings is 5. The standard InChI is InChI=1S/C25H27N3O3.C24H27N3O3.C23H25N3O3.C22H20N4OS.C22H23N3O3/c1-16-12-19(17-8-10-27(11-9-17)20-5-6-20)15-28-24(29)14-21(26-25(16)28)18-4-7-22(30-2)23(13-18)31-3;1-5-26-10-8-17(9-11-26)19-12-16(2)24-25-20(14-23(28)27(24)15-19)18-6-7-21(29-3)22(13-18)30-4;1-15-11-22-24-19(17-5-6-20(28-3)21(12-17)29-4)13-23(27)26(22)14-18(15)16-7-9-25(2)10-8-16;1-14-23-18-5-3-16(11-20(18)28-14)19-12-22(27)26-13-17(4-6-21(26)24-19)15-7-9-25(2)10-8-15;1-14-10-21-24-18(16-4-5-19(27-2)20(11-16)28-3)12-22(26)25(21)13-17(14)15-6-8-23-9-7-15/h4,7-8,12-15,20H,5-6,9-11H2,1-3H3;6-8,12-15H,5,9-11H2,1-4H3;5-7,11-14H,8-10H2,1-4H3;3-7,11-13H,8-10H2,1-2H3;4-6,10-13,23H,7-9H2,1-3H3. The molecule has 0 bridgehead atoms. The maximum atomic E-state index is 13.0. The lowest BCUT2D eigenvalue weighted by atomic mass is 9.97. The SMILES string of the molecule is CCN1CC=C(c2cc(C)c3nc(-c4ccc(OC)c(OC)c4)cc(=O)n3c2)CC1.COc1ccc(-c2cc(=O)n3cc(C4=CCN(C)CC4)c(C)cc3n2)cc1OC.COc1ccc(-c2cc(=O)n3cc(C4=CCN(C5CC5)CC4)cc(C)c3n2)cc1OC.COc1ccc(-c2cc(=O)n3cc(C4=CCNCC4)c(C)cc3n2)cc1OC.Cc1nc2ccc(-c3cc(=O)n4cc(C5=CCN(C)CC5)ccc4n3)cc2s1. The second kappa shape index (κ2) is 44.5. The third-order valence-electron chi connectivity index (χ3n) is 27.8. The fourth-order valence-electron chi connectivity index (χ4n) is 19.4. The van der Waals surface area contributed by atoms with Crippen LogP contribution in [-0.4, -0.2) is 221 Å². The summed E-state index contributed by atoms with van der Waals surface area (Å²) < 4.78 is 52.1. The number of hydrogen-bond acceptors (Lipinski definition) is 25. The van der Waals surface area contributed by atoms with Gasteiger partial charge in [-0.25, -0.2) is 29.9 Å². The highest BCUT2D eigenvalue weighted by molar-refractivity contribution is 7.18. The van der Waals surface area contributed by atoms with Gasteiger partial charge in [0.2, 0.25) is 0 Å². The largest absolute Gasteiger partial charge is 0.493 e. The smallest absolute Gasteiger partial charge is 0.258 e. The Morgan fingerprint density at radius 3 is 1.12 bits per heavy atom. The summed E-state index contributed by atoms with van der Waals surface area (Å²) >= 11 is 1.65. The van der Waals surface area contributed by atoms with Gasteiger partial charge in [0.15, 0.2) is 46.0 Å². The Hall–Kier alpha value is -15.3. The minimum atomic E-state index is -0.106. The maximum Gasteiger partial charge on any atom is 0.258 e. The molecule has 22 rings (SSSR count). The van der Waals surface area contributed by atoms with Crippen LogP contribution in [0.15, 0.2) is 243 Å². The lowest BCUT2D eigenvalue weighted by molar-refractivity contribution is 0.291. The fraction of sp³-hybridized carbons (Fsp3) is 0.302. The van der Waals surface area contributed by atoms with E-state index in [0.29, 0.717) is 103 Å². The molecule has 0 spiro atoms. The molecule has 29 nitrogen and oxygen atoms in total. The molecule has 1 aliphatic carbocycles. The molecule has 30 heteroatoms. The highest BCUT2D eigenvalue weighted by atomic mass is 32.1. The van der Waals surface area contributed by atoms with Crippen LogP contribution < -0.4 is 71.0 Å². The first-order valence-electron chi connectivity index (χ1n) is 49.3. The minimum Gasteiger partial charge on any atom is -0.493 e. The monoisotopic (exact) mass is 1980 g/mol. The van der Waals surface area contributed by atoms with Crippen molar-refractivity contribution in [3.8, 4) is 102 Å². The number of likely N-dealkylation sites (N-methyl/N-ethyl adjacent to an activating group) is 3. The molecular formula is C116H122N16O13S. The number of methoxy groups -OCH3 is 8. The van der Waals surface area contributed by atoms with E-state index in [1.165, 1.54) is 40.7 Å². The second-order valence-electron chi connectivity index (χ2n) is 37.4. The number of hydrogen-bond donors (Lipinski definition) is 1. The third kappa shape index (κ3) is 22.2. The predicted octanol–water partition coefficient (Wildman–Crippen LogP) is 18.2. The highest BCUT2D eigenvalue weighted by Gasteiger charge is 2.31. The fourth-order valence-corrected chi connectivity index (χ4v) is 20.2. The molecule has 0 amide bonds. The van der Waals surface area contributed by atoms with Crippen LogP contribution in [0.4, 0.5) is 0 Å². The molecule has 0 unspecified atom stereocenters. The van der Waals surface area contributed by atoms with Crippen LogP contribution in [0.25, 0.3) is 123 Å². The van der Waals surface area contributed by atoms with E-state index in [9.17, 15) is 24.0 Å². The Morgan fingerprint density at radius 2 is 0.712 bits per heavy atom. The van der Waals surface area contributed by atoms with E-state index in [1.807, 2.05) is 155 Å². The number of thiazole rings is 1. The van der Waals surface area contributed by atoms with E-state index < -0.39 is 0 Å². The van der Waals surface area contributed by atoms with Gasteiger partial charge >= 0.3 is 0 Å². The number of fused-ring (bicyclic) bond motifs is 6. The number of pyridine rings is 5. The van der Waals surface area contributed by atoms with Gasteiger partial charge in [-0.2, -0.15) is 0 Å². The number of aryl methyl sites for hydroxylation is 5. The average molecular weight is 1980 g/mol. The molecule has 0 atom stereocenters. The Bertz CT molecular complexity index is 8230. The summed E-state index contributed by atoms with van der Waals surface area (Å²) in [7, 11) is 17.0. The van der Waals surface area contributed by atoms with Crippen molar-refractivity contribution in [1.82, 2.24) is 76.8 Å². The van der Waals surface area contributed by atoms with E-state index in [-0.39, 0.29) is 27.8 Å². The van der Waals surface area contributed by atoms with Gasteiger partial charge in [0.25, 0.3) is 27.8 Å². The van der Waals surface area contributed by atoms with Crippen molar-refractivity contribution in [2.45, 2.75) is 92.5 Å². The Labute approximate surface area is 850 Å². The molecule has 750 valence electrons.